The molecule has 24 heavy (non-hydrogen) atoms. The standard InChI is InChI=1S/C18H17BrN4O/c1-10-5-15-16(6-11(10)2)22-17(21-15)12(9-20)7-13-8-14(19)18(24-13)23(3)4/h5-8H,1-4H3,(H,21,22)/b12-7-. The Balaban J connectivity index is 2.05. The van der Waals surface area contributed by atoms with E-state index in [4.69, 9.17) is 4.42 Å². The average molecular weight is 385 g/mol. The van der Waals surface area contributed by atoms with Gasteiger partial charge in [-0.15, -0.1) is 0 Å². The van der Waals surface area contributed by atoms with Gasteiger partial charge < -0.3 is 14.3 Å². The Morgan fingerprint density at radius 3 is 2.62 bits per heavy atom. The van der Waals surface area contributed by atoms with E-state index in [1.807, 2.05) is 44.1 Å². The number of furan rings is 1. The molecule has 0 aliphatic carbocycles. The molecule has 3 aromatic rings. The predicted molar refractivity (Wildman–Crippen MR) is 99.8 cm³/mol. The summed E-state index contributed by atoms with van der Waals surface area (Å²) in [7, 11) is 3.79. The lowest BCUT2D eigenvalue weighted by Gasteiger charge is -2.07. The molecule has 1 N–H and O–H groups in total. The molecule has 0 saturated heterocycles. The number of fused-ring (bicyclic) bond motifs is 1. The number of rotatable bonds is 3. The van der Waals surface area contributed by atoms with Crippen molar-refractivity contribution in [1.29, 1.82) is 5.26 Å². The summed E-state index contributed by atoms with van der Waals surface area (Å²) in [5.74, 6) is 1.83. The van der Waals surface area contributed by atoms with Crippen LogP contribution < -0.4 is 4.90 Å². The molecule has 3 rings (SSSR count). The number of aromatic nitrogens is 2. The maximum atomic E-state index is 9.52. The SMILES string of the molecule is Cc1cc2nc(/C(C#N)=C\c3cc(Br)c(N(C)C)o3)[nH]c2cc1C. The van der Waals surface area contributed by atoms with E-state index in [2.05, 4.69) is 38.9 Å². The van der Waals surface area contributed by atoms with Crippen LogP contribution in [-0.4, -0.2) is 24.1 Å². The summed E-state index contributed by atoms with van der Waals surface area (Å²) in [4.78, 5) is 9.61. The van der Waals surface area contributed by atoms with Crippen LogP contribution in [0, 0.1) is 25.2 Å². The Morgan fingerprint density at radius 1 is 1.29 bits per heavy atom. The van der Waals surface area contributed by atoms with Gasteiger partial charge in [-0.1, -0.05) is 0 Å². The molecule has 0 aliphatic heterocycles. The van der Waals surface area contributed by atoms with E-state index < -0.39 is 0 Å². The minimum atomic E-state index is 0.424. The van der Waals surface area contributed by atoms with Crippen LogP contribution in [0.2, 0.25) is 0 Å². The molecular weight excluding hydrogens is 368 g/mol. The summed E-state index contributed by atoms with van der Waals surface area (Å²) in [6, 6.07) is 8.10. The lowest BCUT2D eigenvalue weighted by Crippen LogP contribution is -2.07. The first-order valence-electron chi connectivity index (χ1n) is 7.45. The highest BCUT2D eigenvalue weighted by Gasteiger charge is 2.13. The number of nitrogens with one attached hydrogen (secondary N) is 1. The van der Waals surface area contributed by atoms with E-state index in [1.165, 1.54) is 11.1 Å². The van der Waals surface area contributed by atoms with Gasteiger partial charge in [0.05, 0.1) is 21.1 Å². The van der Waals surface area contributed by atoms with Crippen molar-refractivity contribution in [3.05, 3.63) is 45.4 Å². The number of hydrogen-bond donors (Lipinski definition) is 1. The molecule has 0 unspecified atom stereocenters. The zero-order valence-corrected chi connectivity index (χ0v) is 15.5. The smallest absolute Gasteiger partial charge is 0.209 e. The number of nitrogens with zero attached hydrogens (tertiary/aromatic N) is 3. The second-order valence-electron chi connectivity index (χ2n) is 5.91. The molecule has 0 amide bonds. The van der Waals surface area contributed by atoms with Crippen molar-refractivity contribution < 1.29 is 4.42 Å². The Hall–Kier alpha value is -2.52. The number of benzene rings is 1. The molecule has 6 heteroatoms. The van der Waals surface area contributed by atoms with Crippen LogP contribution in [0.3, 0.4) is 0 Å². The maximum absolute atomic E-state index is 9.52. The van der Waals surface area contributed by atoms with Gasteiger partial charge in [-0.25, -0.2) is 4.98 Å². The Morgan fingerprint density at radius 2 is 2.00 bits per heavy atom. The Labute approximate surface area is 148 Å². The Kier molecular flexibility index (Phi) is 4.20. The first-order valence-corrected chi connectivity index (χ1v) is 8.24. The number of allylic oxidation sites excluding steroid dienone is 1. The lowest BCUT2D eigenvalue weighted by atomic mass is 10.1. The summed E-state index contributed by atoms with van der Waals surface area (Å²) in [5, 5.41) is 9.52. The minimum absolute atomic E-state index is 0.424. The molecule has 5 nitrogen and oxygen atoms in total. The third-order valence-electron chi connectivity index (χ3n) is 3.85. The highest BCUT2D eigenvalue weighted by atomic mass is 79.9. The second kappa shape index (κ2) is 6.17. The van der Waals surface area contributed by atoms with Gasteiger partial charge >= 0.3 is 0 Å². The fourth-order valence-electron chi connectivity index (χ4n) is 2.45. The highest BCUT2D eigenvalue weighted by Crippen LogP contribution is 2.31. The van der Waals surface area contributed by atoms with E-state index in [-0.39, 0.29) is 0 Å². The van der Waals surface area contributed by atoms with Crippen molar-refractivity contribution in [2.24, 2.45) is 0 Å². The van der Waals surface area contributed by atoms with Crippen molar-refractivity contribution in [2.45, 2.75) is 13.8 Å². The molecular formula is C18H17BrN4O. The fourth-order valence-corrected chi connectivity index (χ4v) is 3.11. The number of anilines is 1. The zero-order chi connectivity index (χ0) is 17.4. The number of aromatic amines is 1. The number of hydrogen-bond acceptors (Lipinski definition) is 4. The van der Waals surface area contributed by atoms with Gasteiger partial charge in [-0.3, -0.25) is 0 Å². The van der Waals surface area contributed by atoms with Crippen molar-refractivity contribution in [3.63, 3.8) is 0 Å². The summed E-state index contributed by atoms with van der Waals surface area (Å²) in [5.41, 5.74) is 4.56. The number of halogens is 1. The fraction of sp³-hybridized carbons (Fsp3) is 0.222. The summed E-state index contributed by atoms with van der Waals surface area (Å²) < 4.78 is 6.59. The third-order valence-corrected chi connectivity index (χ3v) is 4.42. The lowest BCUT2D eigenvalue weighted by molar-refractivity contribution is 0.554. The van der Waals surface area contributed by atoms with Gasteiger partial charge in [-0.05, 0) is 53.0 Å². The first-order chi connectivity index (χ1) is 11.4. The van der Waals surface area contributed by atoms with E-state index >= 15 is 0 Å². The molecule has 0 bridgehead atoms. The summed E-state index contributed by atoms with van der Waals surface area (Å²) >= 11 is 3.46. The third kappa shape index (κ3) is 2.95. The van der Waals surface area contributed by atoms with Crippen molar-refractivity contribution in [3.8, 4) is 6.07 Å². The molecule has 0 radical (unpaired) electrons. The Bertz CT molecular complexity index is 950. The summed E-state index contributed by atoms with van der Waals surface area (Å²) in [6.45, 7) is 4.10. The van der Waals surface area contributed by atoms with E-state index in [9.17, 15) is 5.26 Å². The molecule has 2 heterocycles. The largest absolute Gasteiger partial charge is 0.440 e. The minimum Gasteiger partial charge on any atom is -0.440 e. The predicted octanol–water partition coefficient (Wildman–Crippen LogP) is 4.67. The number of imidazole rings is 1. The van der Waals surface area contributed by atoms with Gasteiger partial charge in [-0.2, -0.15) is 5.26 Å². The monoisotopic (exact) mass is 384 g/mol. The molecule has 0 saturated carbocycles. The maximum Gasteiger partial charge on any atom is 0.209 e. The van der Waals surface area contributed by atoms with Crippen LogP contribution in [0.4, 0.5) is 5.88 Å². The van der Waals surface area contributed by atoms with Crippen LogP contribution in [0.25, 0.3) is 22.7 Å². The van der Waals surface area contributed by atoms with Gasteiger partial charge in [0.2, 0.25) is 5.88 Å². The normalized spacial score (nSPS) is 11.8. The average Bonchev–Trinajstić information content (AvgIpc) is 3.08. The molecule has 2 aromatic heterocycles. The molecule has 0 atom stereocenters. The number of H-pyrrole nitrogens is 1. The van der Waals surface area contributed by atoms with Gasteiger partial charge in [0.25, 0.3) is 0 Å². The highest BCUT2D eigenvalue weighted by molar-refractivity contribution is 9.10. The van der Waals surface area contributed by atoms with Crippen LogP contribution in [0.1, 0.15) is 22.7 Å². The van der Waals surface area contributed by atoms with Crippen molar-refractivity contribution in [2.75, 3.05) is 19.0 Å². The van der Waals surface area contributed by atoms with E-state index in [1.54, 1.807) is 6.08 Å². The quantitative estimate of drug-likeness (QED) is 0.666. The molecule has 0 aliphatic rings. The molecule has 1 aromatic carbocycles. The van der Waals surface area contributed by atoms with Crippen LogP contribution in [-0.2, 0) is 0 Å². The van der Waals surface area contributed by atoms with Gasteiger partial charge in [0.15, 0.2) is 0 Å². The van der Waals surface area contributed by atoms with Crippen molar-refractivity contribution in [1.82, 2.24) is 9.97 Å². The van der Waals surface area contributed by atoms with E-state index in [0.29, 0.717) is 23.0 Å². The molecule has 0 fully saturated rings. The van der Waals surface area contributed by atoms with Crippen LogP contribution in [0.15, 0.2) is 27.1 Å². The van der Waals surface area contributed by atoms with E-state index in [0.717, 1.165) is 15.5 Å². The van der Waals surface area contributed by atoms with Gasteiger partial charge in [0, 0.05) is 26.2 Å². The number of nitriles is 1. The van der Waals surface area contributed by atoms with Crippen LogP contribution in [0.5, 0.6) is 0 Å². The summed E-state index contributed by atoms with van der Waals surface area (Å²) in [6.07, 6.45) is 1.69. The van der Waals surface area contributed by atoms with Crippen LogP contribution >= 0.6 is 15.9 Å². The zero-order valence-electron chi connectivity index (χ0n) is 13.9. The number of aryl methyl sites for hydroxylation is 2. The second-order valence-corrected chi connectivity index (χ2v) is 6.76. The first kappa shape index (κ1) is 16.3. The van der Waals surface area contributed by atoms with Crippen molar-refractivity contribution >= 4 is 44.5 Å². The molecule has 122 valence electrons. The van der Waals surface area contributed by atoms with Gasteiger partial charge in [0.1, 0.15) is 17.7 Å². The molecule has 0 spiro atoms. The topological polar surface area (TPSA) is 68.8 Å².